The molecule has 0 saturated carbocycles. The Morgan fingerprint density at radius 2 is 1.26 bits per heavy atom. The van der Waals surface area contributed by atoms with Crippen LogP contribution in [0.25, 0.3) is 21.5 Å². The van der Waals surface area contributed by atoms with Gasteiger partial charge in [0.2, 0.25) is 0 Å². The van der Waals surface area contributed by atoms with Crippen molar-refractivity contribution < 1.29 is 19.7 Å². The molecule has 0 bridgehead atoms. The molecule has 3 aromatic carbocycles. The first kappa shape index (κ1) is 19.7. The third-order valence-electron chi connectivity index (χ3n) is 4.67. The lowest BCUT2D eigenvalue weighted by Crippen LogP contribution is -2.17. The Kier molecular flexibility index (Phi) is 6.42. The second-order valence-corrected chi connectivity index (χ2v) is 7.08. The molecule has 144 valence electrons. The van der Waals surface area contributed by atoms with E-state index in [1.165, 1.54) is 0 Å². The van der Waals surface area contributed by atoms with Crippen molar-refractivity contribution in [1.82, 2.24) is 0 Å². The fourth-order valence-corrected chi connectivity index (χ4v) is 3.15. The third-order valence-corrected chi connectivity index (χ3v) is 4.90. The third kappa shape index (κ3) is 4.29. The summed E-state index contributed by atoms with van der Waals surface area (Å²) in [5.74, 6) is 1.38. The topological polar surface area (TPSA) is 58.9 Å². The normalized spacial score (nSPS) is 13.7. The van der Waals surface area contributed by atoms with Crippen molar-refractivity contribution in [2.24, 2.45) is 0 Å². The van der Waals surface area contributed by atoms with E-state index in [1.54, 1.807) is 0 Å². The van der Waals surface area contributed by atoms with Gasteiger partial charge in [-0.3, -0.25) is 0 Å². The molecule has 0 spiro atoms. The van der Waals surface area contributed by atoms with Gasteiger partial charge in [0.05, 0.1) is 12.2 Å². The summed E-state index contributed by atoms with van der Waals surface area (Å²) in [4.78, 5) is 0. The van der Waals surface area contributed by atoms with Gasteiger partial charge in [0.25, 0.3) is 0 Å². The predicted molar refractivity (Wildman–Crippen MR) is 110 cm³/mol. The van der Waals surface area contributed by atoms with Crippen LogP contribution in [0.5, 0.6) is 11.5 Å². The fourth-order valence-electron chi connectivity index (χ4n) is 2.98. The molecule has 0 radical (unpaired) electrons. The second-order valence-electron chi connectivity index (χ2n) is 6.64. The van der Waals surface area contributed by atoms with Crippen molar-refractivity contribution in [2.75, 3.05) is 13.2 Å². The first-order valence-corrected chi connectivity index (χ1v) is 9.68. The number of aliphatic hydroxyl groups is 2. The molecule has 5 heteroatoms. The van der Waals surface area contributed by atoms with E-state index in [0.717, 1.165) is 21.5 Å². The monoisotopic (exact) mass is 388 g/mol. The molecule has 4 nitrogen and oxygen atoms in total. The molecule has 27 heavy (non-hydrogen) atoms. The van der Waals surface area contributed by atoms with Crippen molar-refractivity contribution >= 4 is 33.1 Å². The number of rotatable bonds is 8. The Morgan fingerprint density at radius 1 is 0.778 bits per heavy atom. The highest BCUT2D eigenvalue weighted by molar-refractivity contribution is 6.31. The van der Waals surface area contributed by atoms with Gasteiger partial charge < -0.3 is 19.7 Å². The van der Waals surface area contributed by atoms with Crippen LogP contribution in [-0.2, 0) is 0 Å². The van der Waals surface area contributed by atoms with Crippen molar-refractivity contribution in [3.8, 4) is 11.5 Å². The highest BCUT2D eigenvalue weighted by Crippen LogP contribution is 2.43. The van der Waals surface area contributed by atoms with Gasteiger partial charge in [0.15, 0.2) is 0 Å². The zero-order valence-electron chi connectivity index (χ0n) is 15.6. The summed E-state index contributed by atoms with van der Waals surface area (Å²) in [6.45, 7) is 4.25. The van der Waals surface area contributed by atoms with Crippen molar-refractivity contribution in [3.63, 3.8) is 0 Å². The number of halogens is 1. The summed E-state index contributed by atoms with van der Waals surface area (Å²) < 4.78 is 12.1. The standard InChI is InChI=1S/C22H25ClO4/c1-3-15(24)12-26-21-17-7-5-6-8-18(17)22(27-13-16(25)4-2)20-11-14(23)9-10-19(20)21/h5-11,15-16,24-25H,3-4,12-13H2,1-2H3. The van der Waals surface area contributed by atoms with E-state index in [-0.39, 0.29) is 13.2 Å². The van der Waals surface area contributed by atoms with Gasteiger partial charge in [-0.05, 0) is 31.0 Å². The van der Waals surface area contributed by atoms with Crippen LogP contribution < -0.4 is 9.47 Å². The zero-order valence-corrected chi connectivity index (χ0v) is 16.4. The molecule has 2 unspecified atom stereocenters. The summed E-state index contributed by atoms with van der Waals surface area (Å²) in [5, 5.41) is 23.9. The van der Waals surface area contributed by atoms with Crippen molar-refractivity contribution in [2.45, 2.75) is 38.9 Å². The average Bonchev–Trinajstić information content (AvgIpc) is 2.69. The molecule has 0 aliphatic heterocycles. The molecule has 2 N–H and O–H groups in total. The largest absolute Gasteiger partial charge is 0.490 e. The average molecular weight is 389 g/mol. The number of hydrogen-bond donors (Lipinski definition) is 2. The molecule has 3 aromatic rings. The van der Waals surface area contributed by atoms with Gasteiger partial charge in [0, 0.05) is 26.6 Å². The van der Waals surface area contributed by atoms with Crippen LogP contribution in [0.3, 0.4) is 0 Å². The summed E-state index contributed by atoms with van der Waals surface area (Å²) in [6.07, 6.45) is 0.181. The summed E-state index contributed by atoms with van der Waals surface area (Å²) >= 11 is 6.25. The molecule has 0 aliphatic rings. The predicted octanol–water partition coefficient (Wildman–Crippen LogP) is 4.95. The number of aliphatic hydroxyl groups excluding tert-OH is 2. The molecular weight excluding hydrogens is 364 g/mol. The Morgan fingerprint density at radius 3 is 1.78 bits per heavy atom. The van der Waals surface area contributed by atoms with Crippen molar-refractivity contribution in [3.05, 3.63) is 47.5 Å². The number of benzene rings is 3. The molecule has 0 aromatic heterocycles. The summed E-state index contributed by atoms with van der Waals surface area (Å²) in [5.41, 5.74) is 0. The van der Waals surface area contributed by atoms with Crippen LogP contribution in [0.15, 0.2) is 42.5 Å². The Bertz CT molecular complexity index is 925. The molecular formula is C22H25ClO4. The molecule has 0 heterocycles. The van der Waals surface area contributed by atoms with Crippen LogP contribution >= 0.6 is 11.6 Å². The Balaban J connectivity index is 2.19. The van der Waals surface area contributed by atoms with E-state index in [1.807, 2.05) is 56.3 Å². The molecule has 0 amide bonds. The Hall–Kier alpha value is -2.01. The summed E-state index contributed by atoms with van der Waals surface area (Å²) in [6, 6.07) is 13.4. The lowest BCUT2D eigenvalue weighted by Gasteiger charge is -2.20. The second kappa shape index (κ2) is 8.79. The quantitative estimate of drug-likeness (QED) is 0.536. The number of ether oxygens (including phenoxy) is 2. The first-order chi connectivity index (χ1) is 13.0. The van der Waals surface area contributed by atoms with Crippen LogP contribution in [-0.4, -0.2) is 35.6 Å². The summed E-state index contributed by atoms with van der Waals surface area (Å²) in [7, 11) is 0. The molecule has 2 atom stereocenters. The van der Waals surface area contributed by atoms with Crippen LogP contribution in [0.4, 0.5) is 0 Å². The molecule has 3 rings (SSSR count). The number of fused-ring (bicyclic) bond motifs is 2. The van der Waals surface area contributed by atoms with Gasteiger partial charge in [-0.15, -0.1) is 0 Å². The van der Waals surface area contributed by atoms with Gasteiger partial charge in [-0.1, -0.05) is 49.7 Å². The van der Waals surface area contributed by atoms with Gasteiger partial charge >= 0.3 is 0 Å². The first-order valence-electron chi connectivity index (χ1n) is 9.30. The minimum Gasteiger partial charge on any atom is -0.490 e. The smallest absolute Gasteiger partial charge is 0.135 e. The molecule has 0 fully saturated rings. The van der Waals surface area contributed by atoms with E-state index in [2.05, 4.69) is 0 Å². The van der Waals surface area contributed by atoms with Gasteiger partial charge in [-0.2, -0.15) is 0 Å². The minimum absolute atomic E-state index is 0.205. The highest BCUT2D eigenvalue weighted by atomic mass is 35.5. The minimum atomic E-state index is -0.534. The maximum atomic E-state index is 9.94. The molecule has 0 aliphatic carbocycles. The van der Waals surface area contributed by atoms with E-state index >= 15 is 0 Å². The maximum Gasteiger partial charge on any atom is 0.135 e. The van der Waals surface area contributed by atoms with Gasteiger partial charge in [-0.25, -0.2) is 0 Å². The number of hydrogen-bond acceptors (Lipinski definition) is 4. The lowest BCUT2D eigenvalue weighted by molar-refractivity contribution is 0.105. The van der Waals surface area contributed by atoms with Crippen LogP contribution in [0.2, 0.25) is 5.02 Å². The SMILES string of the molecule is CCC(O)COc1c2ccccc2c(OCC(O)CC)c2cc(Cl)ccc12. The van der Waals surface area contributed by atoms with Crippen LogP contribution in [0, 0.1) is 0 Å². The Labute approximate surface area is 164 Å². The van der Waals surface area contributed by atoms with E-state index < -0.39 is 12.2 Å². The van der Waals surface area contributed by atoms with E-state index in [9.17, 15) is 10.2 Å². The van der Waals surface area contributed by atoms with Crippen LogP contribution in [0.1, 0.15) is 26.7 Å². The lowest BCUT2D eigenvalue weighted by atomic mass is 10.0. The molecule has 0 saturated heterocycles. The van der Waals surface area contributed by atoms with Crippen molar-refractivity contribution in [1.29, 1.82) is 0 Å². The van der Waals surface area contributed by atoms with E-state index in [4.69, 9.17) is 21.1 Å². The zero-order chi connectivity index (χ0) is 19.4. The fraction of sp³-hybridized carbons (Fsp3) is 0.364. The van der Waals surface area contributed by atoms with E-state index in [0.29, 0.717) is 29.4 Å². The van der Waals surface area contributed by atoms with Gasteiger partial charge in [0.1, 0.15) is 24.7 Å². The highest BCUT2D eigenvalue weighted by Gasteiger charge is 2.18. The maximum absolute atomic E-state index is 9.94.